The molecule has 0 fully saturated rings. The highest BCUT2D eigenvalue weighted by atomic mass is 32.2. The van der Waals surface area contributed by atoms with Crippen LogP contribution in [0.2, 0.25) is 0 Å². The van der Waals surface area contributed by atoms with E-state index in [0.29, 0.717) is 18.0 Å². The maximum atomic E-state index is 12.4. The maximum absolute atomic E-state index is 12.4. The van der Waals surface area contributed by atoms with E-state index in [0.717, 1.165) is 11.1 Å². The lowest BCUT2D eigenvalue weighted by Crippen LogP contribution is -2.33. The van der Waals surface area contributed by atoms with Gasteiger partial charge in [0.2, 0.25) is 10.0 Å². The van der Waals surface area contributed by atoms with Gasteiger partial charge in [-0.2, -0.15) is 4.31 Å². The molecule has 0 aliphatic heterocycles. The van der Waals surface area contributed by atoms with E-state index in [1.807, 2.05) is 32.0 Å². The molecule has 0 atom stereocenters. The summed E-state index contributed by atoms with van der Waals surface area (Å²) in [5.74, 6) is 0.248. The van der Waals surface area contributed by atoms with Gasteiger partial charge in [-0.3, -0.25) is 0 Å². The molecule has 0 spiro atoms. The van der Waals surface area contributed by atoms with E-state index in [1.165, 1.54) is 4.31 Å². The SMILES string of the molecule is CC(C)N(C)S(=O)(=O)c1ccc(CNCc2cccc(O)c2)cc1. The summed E-state index contributed by atoms with van der Waals surface area (Å²) in [4.78, 5) is 0.301. The van der Waals surface area contributed by atoms with Gasteiger partial charge in [-0.15, -0.1) is 0 Å². The molecule has 130 valence electrons. The molecular formula is C18H24N2O3S. The lowest BCUT2D eigenvalue weighted by Gasteiger charge is -2.21. The summed E-state index contributed by atoms with van der Waals surface area (Å²) in [7, 11) is -1.85. The van der Waals surface area contributed by atoms with Crippen molar-refractivity contribution in [2.24, 2.45) is 0 Å². The van der Waals surface area contributed by atoms with Gasteiger partial charge in [0.15, 0.2) is 0 Å². The highest BCUT2D eigenvalue weighted by Gasteiger charge is 2.22. The molecule has 5 nitrogen and oxygen atoms in total. The quantitative estimate of drug-likeness (QED) is 0.807. The van der Waals surface area contributed by atoms with E-state index in [-0.39, 0.29) is 11.8 Å². The van der Waals surface area contributed by atoms with Crippen molar-refractivity contribution in [2.75, 3.05) is 7.05 Å². The number of nitrogens with zero attached hydrogens (tertiary/aromatic N) is 1. The smallest absolute Gasteiger partial charge is 0.243 e. The van der Waals surface area contributed by atoms with Gasteiger partial charge < -0.3 is 10.4 Å². The van der Waals surface area contributed by atoms with Crippen LogP contribution in [0.3, 0.4) is 0 Å². The Morgan fingerprint density at radius 1 is 1.04 bits per heavy atom. The molecule has 0 amide bonds. The molecule has 0 aromatic heterocycles. The van der Waals surface area contributed by atoms with Crippen molar-refractivity contribution < 1.29 is 13.5 Å². The Morgan fingerprint density at radius 2 is 1.67 bits per heavy atom. The van der Waals surface area contributed by atoms with Crippen molar-refractivity contribution in [3.63, 3.8) is 0 Å². The van der Waals surface area contributed by atoms with E-state index in [2.05, 4.69) is 5.32 Å². The first kappa shape index (κ1) is 18.4. The van der Waals surface area contributed by atoms with Gasteiger partial charge in [0.1, 0.15) is 5.75 Å². The molecule has 0 bridgehead atoms. The predicted molar refractivity (Wildman–Crippen MR) is 95.2 cm³/mol. The predicted octanol–water partition coefficient (Wildman–Crippen LogP) is 2.71. The fraction of sp³-hybridized carbons (Fsp3) is 0.333. The number of phenolic OH excluding ortho intramolecular Hbond substituents is 1. The fourth-order valence-electron chi connectivity index (χ4n) is 2.24. The molecule has 0 unspecified atom stereocenters. The van der Waals surface area contributed by atoms with Crippen LogP contribution in [0.1, 0.15) is 25.0 Å². The molecule has 0 radical (unpaired) electrons. The Bertz CT molecular complexity index is 771. The zero-order valence-electron chi connectivity index (χ0n) is 14.2. The van der Waals surface area contributed by atoms with Crippen LogP contribution in [0.4, 0.5) is 0 Å². The molecule has 2 N–H and O–H groups in total. The standard InChI is InChI=1S/C18H24N2O3S/c1-14(2)20(3)24(22,23)18-9-7-15(8-10-18)12-19-13-16-5-4-6-17(21)11-16/h4-11,14,19,21H,12-13H2,1-3H3. The number of rotatable bonds is 7. The summed E-state index contributed by atoms with van der Waals surface area (Å²) in [6.45, 7) is 4.94. The number of hydrogen-bond acceptors (Lipinski definition) is 4. The molecule has 6 heteroatoms. The van der Waals surface area contributed by atoms with E-state index < -0.39 is 10.0 Å². The Morgan fingerprint density at radius 3 is 2.25 bits per heavy atom. The highest BCUT2D eigenvalue weighted by molar-refractivity contribution is 7.89. The lowest BCUT2D eigenvalue weighted by atomic mass is 10.2. The van der Waals surface area contributed by atoms with Gasteiger partial charge in [0, 0.05) is 26.2 Å². The average Bonchev–Trinajstić information content (AvgIpc) is 2.54. The fourth-order valence-corrected chi connectivity index (χ4v) is 3.61. The van der Waals surface area contributed by atoms with Gasteiger partial charge in [0.05, 0.1) is 4.90 Å². The van der Waals surface area contributed by atoms with Crippen molar-refractivity contribution >= 4 is 10.0 Å². The van der Waals surface area contributed by atoms with Crippen LogP contribution in [0.15, 0.2) is 53.4 Å². The summed E-state index contributed by atoms with van der Waals surface area (Å²) in [5, 5.41) is 12.7. The molecule has 24 heavy (non-hydrogen) atoms. The maximum Gasteiger partial charge on any atom is 0.243 e. The zero-order chi connectivity index (χ0) is 17.7. The second-order valence-electron chi connectivity index (χ2n) is 6.03. The molecule has 0 saturated heterocycles. The van der Waals surface area contributed by atoms with E-state index in [4.69, 9.17) is 0 Å². The van der Waals surface area contributed by atoms with E-state index >= 15 is 0 Å². The lowest BCUT2D eigenvalue weighted by molar-refractivity contribution is 0.410. The Kier molecular flexibility index (Phi) is 5.99. The molecular weight excluding hydrogens is 324 g/mol. The number of hydrogen-bond donors (Lipinski definition) is 2. The highest BCUT2D eigenvalue weighted by Crippen LogP contribution is 2.17. The molecule has 0 aliphatic carbocycles. The third-order valence-electron chi connectivity index (χ3n) is 3.90. The average molecular weight is 348 g/mol. The van der Waals surface area contributed by atoms with Gasteiger partial charge in [-0.25, -0.2) is 8.42 Å². The molecule has 0 heterocycles. The first-order valence-electron chi connectivity index (χ1n) is 7.86. The zero-order valence-corrected chi connectivity index (χ0v) is 15.0. The summed E-state index contributed by atoms with van der Waals surface area (Å²) in [6.07, 6.45) is 0. The number of nitrogens with one attached hydrogen (secondary N) is 1. The first-order chi connectivity index (χ1) is 11.3. The minimum absolute atomic E-state index is 0.0846. The second kappa shape index (κ2) is 7.79. The summed E-state index contributed by atoms with van der Waals surface area (Å²) in [6, 6.07) is 13.9. The molecule has 2 rings (SSSR count). The Balaban J connectivity index is 1.97. The molecule has 2 aromatic rings. The van der Waals surface area contributed by atoms with E-state index in [1.54, 1.807) is 37.4 Å². The number of benzene rings is 2. The van der Waals surface area contributed by atoms with Crippen LogP contribution in [0, 0.1) is 0 Å². The van der Waals surface area contributed by atoms with Crippen LogP contribution in [-0.2, 0) is 23.1 Å². The van der Waals surface area contributed by atoms with Crippen LogP contribution < -0.4 is 5.32 Å². The summed E-state index contributed by atoms with van der Waals surface area (Å²) < 4.78 is 26.2. The first-order valence-corrected chi connectivity index (χ1v) is 9.30. The second-order valence-corrected chi connectivity index (χ2v) is 8.03. The van der Waals surface area contributed by atoms with Gasteiger partial charge >= 0.3 is 0 Å². The van der Waals surface area contributed by atoms with E-state index in [9.17, 15) is 13.5 Å². The molecule has 0 saturated carbocycles. The summed E-state index contributed by atoms with van der Waals surface area (Å²) in [5.41, 5.74) is 1.99. The number of sulfonamides is 1. The Hall–Kier alpha value is -1.89. The third-order valence-corrected chi connectivity index (χ3v) is 5.94. The number of phenols is 1. The monoisotopic (exact) mass is 348 g/mol. The number of aromatic hydroxyl groups is 1. The minimum Gasteiger partial charge on any atom is -0.508 e. The molecule has 2 aromatic carbocycles. The van der Waals surface area contributed by atoms with Crippen molar-refractivity contribution in [1.29, 1.82) is 0 Å². The molecule has 0 aliphatic rings. The van der Waals surface area contributed by atoms with Crippen LogP contribution in [-0.4, -0.2) is 30.9 Å². The van der Waals surface area contributed by atoms with Gasteiger partial charge in [0.25, 0.3) is 0 Å². The largest absolute Gasteiger partial charge is 0.508 e. The third kappa shape index (κ3) is 4.56. The van der Waals surface area contributed by atoms with Crippen molar-refractivity contribution in [3.05, 3.63) is 59.7 Å². The van der Waals surface area contributed by atoms with Crippen LogP contribution in [0.25, 0.3) is 0 Å². The van der Waals surface area contributed by atoms with Gasteiger partial charge in [-0.1, -0.05) is 24.3 Å². The Labute approximate surface area is 144 Å². The summed E-state index contributed by atoms with van der Waals surface area (Å²) >= 11 is 0. The van der Waals surface area contributed by atoms with Crippen molar-refractivity contribution in [2.45, 2.75) is 37.9 Å². The normalized spacial score (nSPS) is 12.0. The van der Waals surface area contributed by atoms with Gasteiger partial charge in [-0.05, 0) is 49.2 Å². The minimum atomic E-state index is -3.44. The van der Waals surface area contributed by atoms with Crippen LogP contribution in [0.5, 0.6) is 5.75 Å². The topological polar surface area (TPSA) is 69.6 Å². The van der Waals surface area contributed by atoms with Crippen LogP contribution >= 0.6 is 0 Å². The van der Waals surface area contributed by atoms with Crippen molar-refractivity contribution in [1.82, 2.24) is 9.62 Å². The van der Waals surface area contributed by atoms with Crippen molar-refractivity contribution in [3.8, 4) is 5.75 Å².